The third-order valence-corrected chi connectivity index (χ3v) is 4.87. The molecule has 1 atom stereocenters. The van der Waals surface area contributed by atoms with E-state index in [0.717, 1.165) is 0 Å². The van der Waals surface area contributed by atoms with Gasteiger partial charge in [-0.1, -0.05) is 35.9 Å². The topological polar surface area (TPSA) is 50.4 Å². The van der Waals surface area contributed by atoms with Crippen LogP contribution in [-0.2, 0) is 4.79 Å². The molecule has 9 heteroatoms. The Kier molecular flexibility index (Phi) is 7.20. The molecule has 0 radical (unpaired) electrons. The second-order valence-corrected chi connectivity index (χ2v) is 6.75. The number of halogens is 5. The Morgan fingerprint density at radius 2 is 1.96 bits per heavy atom. The standard InChI is InChI=1S/C17H19Cl2F3N2O2/c1-2-7-26-14-9-13(19)12(18)8-11(14)15(10-3-5-23-6-4-10)24-16(25)17(20,21)22/h2,8-10,15,23H,1,3-7H2,(H,24,25). The summed E-state index contributed by atoms with van der Waals surface area (Å²) < 4.78 is 44.0. The average molecular weight is 411 g/mol. The maximum Gasteiger partial charge on any atom is 0.471 e. The van der Waals surface area contributed by atoms with Crippen molar-refractivity contribution in [2.75, 3.05) is 19.7 Å². The van der Waals surface area contributed by atoms with Crippen LogP contribution >= 0.6 is 23.2 Å². The van der Waals surface area contributed by atoms with Gasteiger partial charge in [0.25, 0.3) is 0 Å². The van der Waals surface area contributed by atoms with E-state index >= 15 is 0 Å². The molecule has 1 fully saturated rings. The lowest BCUT2D eigenvalue weighted by Gasteiger charge is -2.33. The van der Waals surface area contributed by atoms with Gasteiger partial charge in [0.15, 0.2) is 0 Å². The van der Waals surface area contributed by atoms with E-state index in [1.54, 1.807) is 0 Å². The van der Waals surface area contributed by atoms with E-state index < -0.39 is 18.1 Å². The Balaban J connectivity index is 2.44. The normalized spacial score (nSPS) is 16.8. The molecule has 1 aromatic rings. The van der Waals surface area contributed by atoms with Gasteiger partial charge in [0.2, 0.25) is 0 Å². The van der Waals surface area contributed by atoms with E-state index in [2.05, 4.69) is 17.2 Å². The van der Waals surface area contributed by atoms with Crippen molar-refractivity contribution in [2.45, 2.75) is 25.1 Å². The van der Waals surface area contributed by atoms with E-state index in [1.807, 2.05) is 0 Å². The fourth-order valence-electron chi connectivity index (χ4n) is 2.91. The quantitative estimate of drug-likeness (QED) is 0.688. The molecule has 0 saturated carbocycles. The van der Waals surface area contributed by atoms with Crippen molar-refractivity contribution in [1.29, 1.82) is 0 Å². The monoisotopic (exact) mass is 410 g/mol. The predicted molar refractivity (Wildman–Crippen MR) is 94.7 cm³/mol. The Hall–Kier alpha value is -1.44. The summed E-state index contributed by atoms with van der Waals surface area (Å²) in [6, 6.07) is 1.99. The van der Waals surface area contributed by atoms with Gasteiger partial charge in [0, 0.05) is 11.6 Å². The molecule has 144 valence electrons. The SMILES string of the molecule is C=CCOc1cc(Cl)c(Cl)cc1C(NC(=O)C(F)(F)F)C1CCNCC1. The minimum Gasteiger partial charge on any atom is -0.489 e. The Bertz CT molecular complexity index is 662. The van der Waals surface area contributed by atoms with Gasteiger partial charge in [-0.2, -0.15) is 13.2 Å². The lowest BCUT2D eigenvalue weighted by Crippen LogP contribution is -2.44. The molecule has 4 nitrogen and oxygen atoms in total. The molecule has 0 bridgehead atoms. The third kappa shape index (κ3) is 5.28. The molecule has 0 aliphatic carbocycles. The van der Waals surface area contributed by atoms with Crippen LogP contribution in [0.25, 0.3) is 0 Å². The molecular formula is C17H19Cl2F3N2O2. The lowest BCUT2D eigenvalue weighted by atomic mass is 9.85. The summed E-state index contributed by atoms with van der Waals surface area (Å²) in [5, 5.41) is 5.64. The van der Waals surface area contributed by atoms with Gasteiger partial charge in [-0.15, -0.1) is 0 Å². The van der Waals surface area contributed by atoms with E-state index in [1.165, 1.54) is 18.2 Å². The van der Waals surface area contributed by atoms with Crippen LogP contribution in [0.5, 0.6) is 5.75 Å². The van der Waals surface area contributed by atoms with E-state index in [4.69, 9.17) is 27.9 Å². The molecule has 0 spiro atoms. The largest absolute Gasteiger partial charge is 0.489 e. The van der Waals surface area contributed by atoms with Gasteiger partial charge in [-0.25, -0.2) is 0 Å². The van der Waals surface area contributed by atoms with Crippen molar-refractivity contribution in [3.63, 3.8) is 0 Å². The van der Waals surface area contributed by atoms with Crippen LogP contribution in [0.3, 0.4) is 0 Å². The second kappa shape index (κ2) is 8.97. The maximum atomic E-state index is 12.8. The van der Waals surface area contributed by atoms with E-state index in [-0.39, 0.29) is 28.3 Å². The minimum absolute atomic E-state index is 0.136. The summed E-state index contributed by atoms with van der Waals surface area (Å²) >= 11 is 12.1. The Morgan fingerprint density at radius 1 is 1.35 bits per heavy atom. The number of ether oxygens (including phenoxy) is 1. The number of nitrogens with one attached hydrogen (secondary N) is 2. The number of carbonyl (C=O) groups is 1. The van der Waals surface area contributed by atoms with Gasteiger partial charge in [-0.3, -0.25) is 4.79 Å². The van der Waals surface area contributed by atoms with Crippen LogP contribution in [0.4, 0.5) is 13.2 Å². The van der Waals surface area contributed by atoms with Crippen molar-refractivity contribution < 1.29 is 22.7 Å². The maximum absolute atomic E-state index is 12.8. The molecular weight excluding hydrogens is 392 g/mol. The highest BCUT2D eigenvalue weighted by Crippen LogP contribution is 2.39. The number of hydrogen-bond acceptors (Lipinski definition) is 3. The first kappa shape index (κ1) is 20.9. The highest BCUT2D eigenvalue weighted by Gasteiger charge is 2.42. The van der Waals surface area contributed by atoms with Gasteiger partial charge >= 0.3 is 12.1 Å². The summed E-state index contributed by atoms with van der Waals surface area (Å²) in [5.74, 6) is -1.93. The molecule has 1 aliphatic heterocycles. The van der Waals surface area contributed by atoms with Gasteiger partial charge in [0.05, 0.1) is 16.1 Å². The van der Waals surface area contributed by atoms with Crippen LogP contribution < -0.4 is 15.4 Å². The van der Waals surface area contributed by atoms with Gasteiger partial charge < -0.3 is 15.4 Å². The second-order valence-electron chi connectivity index (χ2n) is 5.94. The fourth-order valence-corrected chi connectivity index (χ4v) is 3.24. The summed E-state index contributed by atoms with van der Waals surface area (Å²) in [6.07, 6.45) is -2.28. The highest BCUT2D eigenvalue weighted by molar-refractivity contribution is 6.42. The highest BCUT2D eigenvalue weighted by atomic mass is 35.5. The summed E-state index contributed by atoms with van der Waals surface area (Å²) in [6.45, 7) is 4.98. The van der Waals surface area contributed by atoms with Crippen LogP contribution in [0, 0.1) is 5.92 Å². The molecule has 1 saturated heterocycles. The molecule has 26 heavy (non-hydrogen) atoms. The summed E-state index contributed by atoms with van der Waals surface area (Å²) in [4.78, 5) is 11.6. The van der Waals surface area contributed by atoms with Crippen LogP contribution in [0.1, 0.15) is 24.4 Å². The molecule has 1 unspecified atom stereocenters. The molecule has 2 N–H and O–H groups in total. The van der Waals surface area contributed by atoms with Crippen molar-refractivity contribution in [3.8, 4) is 5.75 Å². The smallest absolute Gasteiger partial charge is 0.471 e. The Morgan fingerprint density at radius 3 is 2.54 bits per heavy atom. The van der Waals surface area contributed by atoms with E-state index in [9.17, 15) is 18.0 Å². The van der Waals surface area contributed by atoms with E-state index in [0.29, 0.717) is 31.5 Å². The summed E-state index contributed by atoms with van der Waals surface area (Å²) in [7, 11) is 0. The zero-order chi connectivity index (χ0) is 19.3. The van der Waals surface area contributed by atoms with Crippen molar-refractivity contribution in [2.24, 2.45) is 5.92 Å². The first-order valence-electron chi connectivity index (χ1n) is 8.05. The number of amides is 1. The fraction of sp³-hybridized carbons (Fsp3) is 0.471. The molecule has 0 aromatic heterocycles. The average Bonchev–Trinajstić information content (AvgIpc) is 2.60. The molecule has 1 heterocycles. The first-order valence-corrected chi connectivity index (χ1v) is 8.80. The predicted octanol–water partition coefficient (Wildman–Crippen LogP) is 4.28. The number of rotatable bonds is 6. The van der Waals surface area contributed by atoms with Crippen LogP contribution in [0.15, 0.2) is 24.8 Å². The molecule has 1 aliphatic rings. The molecule has 1 aromatic carbocycles. The first-order chi connectivity index (χ1) is 12.2. The number of piperidine rings is 1. The molecule has 1 amide bonds. The van der Waals surface area contributed by atoms with Crippen molar-refractivity contribution in [3.05, 3.63) is 40.4 Å². The van der Waals surface area contributed by atoms with Crippen molar-refractivity contribution >= 4 is 29.1 Å². The van der Waals surface area contributed by atoms with Crippen LogP contribution in [0.2, 0.25) is 10.0 Å². The number of carbonyl (C=O) groups excluding carboxylic acids is 1. The zero-order valence-corrected chi connectivity index (χ0v) is 15.3. The minimum atomic E-state index is -4.98. The number of benzene rings is 1. The number of hydrogen-bond donors (Lipinski definition) is 2. The number of alkyl halides is 3. The van der Waals surface area contributed by atoms with Crippen molar-refractivity contribution in [1.82, 2.24) is 10.6 Å². The Labute approximate surface area is 159 Å². The summed E-state index contributed by atoms with van der Waals surface area (Å²) in [5.41, 5.74) is 0.366. The molecule has 2 rings (SSSR count). The van der Waals surface area contributed by atoms with Crippen LogP contribution in [-0.4, -0.2) is 31.8 Å². The van der Waals surface area contributed by atoms with Gasteiger partial charge in [-0.05, 0) is 37.9 Å². The lowest BCUT2D eigenvalue weighted by molar-refractivity contribution is -0.174. The van der Waals surface area contributed by atoms with Gasteiger partial charge in [0.1, 0.15) is 12.4 Å². The third-order valence-electron chi connectivity index (χ3n) is 4.14. The zero-order valence-electron chi connectivity index (χ0n) is 13.8.